The maximum Gasteiger partial charge on any atom is 0.288 e. The van der Waals surface area contributed by atoms with E-state index in [2.05, 4.69) is 26.8 Å². The lowest BCUT2D eigenvalue weighted by Crippen LogP contribution is -2.61. The van der Waals surface area contributed by atoms with Crippen molar-refractivity contribution in [1.29, 1.82) is 21.2 Å². The third kappa shape index (κ3) is 2.81. The molecule has 33 heavy (non-hydrogen) atoms. The third-order valence-corrected chi connectivity index (χ3v) is 7.92. The molecule has 1 aliphatic carbocycles. The van der Waals surface area contributed by atoms with Crippen molar-refractivity contribution in [2.75, 3.05) is 0 Å². The second kappa shape index (κ2) is 7.15. The number of nitriles is 3. The van der Waals surface area contributed by atoms with Crippen LogP contribution in [0.1, 0.15) is 51.7 Å². The number of rotatable bonds is 2. The Bertz CT molecular complexity index is 1180. The Morgan fingerprint density at radius 3 is 2.45 bits per heavy atom. The van der Waals surface area contributed by atoms with Crippen LogP contribution in [0.4, 0.5) is 5.69 Å². The summed E-state index contributed by atoms with van der Waals surface area (Å²) >= 11 is 5.96. The minimum atomic E-state index is -2.16. The molecular formula is C23H22ClN5O4. The zero-order valence-corrected chi connectivity index (χ0v) is 19.1. The smallest absolute Gasteiger partial charge is 0.288 e. The van der Waals surface area contributed by atoms with Gasteiger partial charge in [-0.05, 0) is 35.8 Å². The summed E-state index contributed by atoms with van der Waals surface area (Å²) in [7, 11) is 0. The molecule has 3 fully saturated rings. The molecule has 2 aliphatic heterocycles. The molecule has 4 rings (SSSR count). The van der Waals surface area contributed by atoms with Crippen molar-refractivity contribution in [3.63, 3.8) is 0 Å². The van der Waals surface area contributed by atoms with Gasteiger partial charge in [-0.3, -0.25) is 15.5 Å². The third-order valence-electron chi connectivity index (χ3n) is 7.60. The lowest BCUT2D eigenvalue weighted by Gasteiger charge is -2.54. The Morgan fingerprint density at radius 1 is 1.24 bits per heavy atom. The molecule has 0 spiro atoms. The largest absolute Gasteiger partial charge is 0.447 e. The van der Waals surface area contributed by atoms with Crippen molar-refractivity contribution in [2.24, 2.45) is 28.1 Å². The highest BCUT2D eigenvalue weighted by atomic mass is 35.5. The van der Waals surface area contributed by atoms with E-state index in [1.165, 1.54) is 12.1 Å². The van der Waals surface area contributed by atoms with E-state index >= 15 is 0 Å². The van der Waals surface area contributed by atoms with Gasteiger partial charge in [-0.2, -0.15) is 15.8 Å². The Morgan fingerprint density at radius 2 is 1.91 bits per heavy atom. The quantitative estimate of drug-likeness (QED) is 0.471. The van der Waals surface area contributed by atoms with Gasteiger partial charge >= 0.3 is 0 Å². The molecule has 0 amide bonds. The van der Waals surface area contributed by atoms with Gasteiger partial charge in [0.05, 0.1) is 29.0 Å². The first kappa shape index (κ1) is 23.0. The number of hydrogen-bond acceptors (Lipinski definition) is 8. The molecule has 3 aliphatic rings. The van der Waals surface area contributed by atoms with Crippen LogP contribution in [0.2, 0.25) is 5.02 Å². The lowest BCUT2D eigenvalue weighted by atomic mass is 9.49. The van der Waals surface area contributed by atoms with Gasteiger partial charge in [0, 0.05) is 12.5 Å². The summed E-state index contributed by atoms with van der Waals surface area (Å²) in [6.07, 6.45) is 0.158. The van der Waals surface area contributed by atoms with Gasteiger partial charge in [0.15, 0.2) is 5.41 Å². The Balaban J connectivity index is 1.95. The van der Waals surface area contributed by atoms with Gasteiger partial charge in [-0.25, -0.2) is 0 Å². The van der Waals surface area contributed by atoms with E-state index in [9.17, 15) is 25.9 Å². The Hall–Kier alpha value is -3.19. The topological polar surface area (TPSA) is 157 Å². The number of benzene rings is 1. The predicted octanol–water partition coefficient (Wildman–Crippen LogP) is 5.03. The van der Waals surface area contributed by atoms with Gasteiger partial charge in [0.2, 0.25) is 17.1 Å². The fourth-order valence-electron chi connectivity index (χ4n) is 5.76. The van der Waals surface area contributed by atoms with E-state index in [0.717, 1.165) is 6.07 Å². The molecule has 2 bridgehead atoms. The highest BCUT2D eigenvalue weighted by Crippen LogP contribution is 2.70. The molecule has 1 aromatic carbocycles. The van der Waals surface area contributed by atoms with E-state index in [1.807, 2.05) is 12.1 Å². The van der Waals surface area contributed by atoms with Crippen LogP contribution in [0, 0.1) is 77.6 Å². The Labute approximate surface area is 196 Å². The van der Waals surface area contributed by atoms with Crippen molar-refractivity contribution in [3.8, 4) is 18.2 Å². The number of nitro benzene ring substituents is 1. The monoisotopic (exact) mass is 467 g/mol. The molecule has 0 radical (unpaired) electrons. The summed E-state index contributed by atoms with van der Waals surface area (Å²) in [5.74, 6) is -2.38. The summed E-state index contributed by atoms with van der Waals surface area (Å²) in [5, 5.41) is 51.1. The zero-order valence-electron chi connectivity index (χ0n) is 18.4. The highest BCUT2D eigenvalue weighted by molar-refractivity contribution is 6.32. The predicted molar refractivity (Wildman–Crippen MR) is 115 cm³/mol. The molecule has 5 atom stereocenters. The average molecular weight is 468 g/mol. The molecule has 2 heterocycles. The van der Waals surface area contributed by atoms with Crippen LogP contribution < -0.4 is 0 Å². The summed E-state index contributed by atoms with van der Waals surface area (Å²) in [6.45, 7) is 6.26. The highest BCUT2D eigenvalue weighted by Gasteiger charge is 2.81. The van der Waals surface area contributed by atoms with Gasteiger partial charge in [0.1, 0.15) is 11.1 Å². The molecule has 1 N–H and O–H groups in total. The van der Waals surface area contributed by atoms with E-state index < -0.39 is 45.1 Å². The van der Waals surface area contributed by atoms with Crippen LogP contribution in [0.15, 0.2) is 18.2 Å². The van der Waals surface area contributed by atoms with E-state index in [1.54, 1.807) is 0 Å². The first-order valence-electron chi connectivity index (χ1n) is 10.6. The van der Waals surface area contributed by atoms with Crippen molar-refractivity contribution < 1.29 is 14.4 Å². The van der Waals surface area contributed by atoms with Crippen molar-refractivity contribution in [3.05, 3.63) is 38.9 Å². The van der Waals surface area contributed by atoms with Crippen molar-refractivity contribution in [2.45, 2.75) is 51.9 Å². The SMILES string of the molecule is CC(C)(C)C1CCC23OC(=N)C(C#N)(C2C1)C(C#N)(C#N)C(c1ccc(Cl)c([N+](=O)[O-])c1)O3. The molecule has 0 aromatic heterocycles. The van der Waals surface area contributed by atoms with Crippen molar-refractivity contribution in [1.82, 2.24) is 0 Å². The number of halogens is 1. The number of hydrogen-bond donors (Lipinski definition) is 1. The molecule has 5 unspecified atom stereocenters. The molecule has 10 heteroatoms. The average Bonchev–Trinajstić information content (AvgIpc) is 2.97. The van der Waals surface area contributed by atoms with E-state index in [4.69, 9.17) is 26.5 Å². The number of ether oxygens (including phenoxy) is 2. The van der Waals surface area contributed by atoms with Crippen LogP contribution >= 0.6 is 11.6 Å². The summed E-state index contributed by atoms with van der Waals surface area (Å²) in [6, 6.07) is 9.98. The summed E-state index contributed by atoms with van der Waals surface area (Å²) in [5.41, 5.74) is -4.41. The molecule has 170 valence electrons. The molecule has 1 aromatic rings. The lowest BCUT2D eigenvalue weighted by molar-refractivity contribution is -0.384. The number of nitrogens with one attached hydrogen (secondary N) is 1. The maximum absolute atomic E-state index is 11.5. The van der Waals surface area contributed by atoms with Crippen LogP contribution in [0.3, 0.4) is 0 Å². The second-order valence-electron chi connectivity index (χ2n) is 10.1. The fourth-order valence-corrected chi connectivity index (χ4v) is 5.94. The normalized spacial score (nSPS) is 34.2. The number of nitrogens with zero attached hydrogens (tertiary/aromatic N) is 4. The van der Waals surface area contributed by atoms with Gasteiger partial charge in [-0.1, -0.05) is 38.4 Å². The van der Waals surface area contributed by atoms with Crippen LogP contribution in [-0.2, 0) is 9.47 Å². The fraction of sp³-hybridized carbons (Fsp3) is 0.565. The van der Waals surface area contributed by atoms with Crippen molar-refractivity contribution >= 4 is 23.2 Å². The summed E-state index contributed by atoms with van der Waals surface area (Å²) < 4.78 is 12.3. The molecule has 2 saturated heterocycles. The van der Waals surface area contributed by atoms with Crippen LogP contribution in [0.5, 0.6) is 0 Å². The minimum absolute atomic E-state index is 0.102. The maximum atomic E-state index is 11.5. The summed E-state index contributed by atoms with van der Waals surface area (Å²) in [4.78, 5) is 10.8. The standard InChI is InChI=1S/C23H22ClN5O4/c1-20(2,3)14-6-7-23-17(9-14)22(12-27,19(28)33-23)21(10-25,11-26)18(32-23)13-4-5-15(24)16(8-13)29(30)31/h4-5,8,14,17-18,28H,6-7,9H2,1-3H3. The number of nitro groups is 1. The van der Waals surface area contributed by atoms with Gasteiger partial charge in [-0.15, -0.1) is 0 Å². The molecular weight excluding hydrogens is 446 g/mol. The first-order valence-corrected chi connectivity index (χ1v) is 10.9. The minimum Gasteiger partial charge on any atom is -0.447 e. The molecule has 9 nitrogen and oxygen atoms in total. The van der Waals surface area contributed by atoms with Gasteiger partial charge in [0.25, 0.3) is 5.69 Å². The van der Waals surface area contributed by atoms with Crippen LogP contribution in [-0.4, -0.2) is 16.6 Å². The molecule has 1 saturated carbocycles. The zero-order chi connectivity index (χ0) is 24.4. The van der Waals surface area contributed by atoms with Crippen LogP contribution in [0.25, 0.3) is 0 Å². The van der Waals surface area contributed by atoms with Gasteiger partial charge < -0.3 is 9.47 Å². The van der Waals surface area contributed by atoms with E-state index in [0.29, 0.717) is 19.3 Å². The first-order chi connectivity index (χ1) is 15.4. The van der Waals surface area contributed by atoms with E-state index in [-0.39, 0.29) is 21.9 Å². The Kier molecular flexibility index (Phi) is 4.98. The second-order valence-corrected chi connectivity index (χ2v) is 10.5.